The molecule has 0 bridgehead atoms. The van der Waals surface area contributed by atoms with Gasteiger partial charge in [-0.3, -0.25) is 9.48 Å². The Morgan fingerprint density at radius 1 is 1.73 bits per heavy atom. The van der Waals surface area contributed by atoms with Gasteiger partial charge in [-0.05, 0) is 18.3 Å². The number of nitrogen functional groups attached to an aromatic ring is 1. The number of hydrogen-bond acceptors (Lipinski definition) is 3. The molecule has 1 aromatic heterocycles. The van der Waals surface area contributed by atoms with E-state index >= 15 is 0 Å². The second-order valence-electron chi connectivity index (χ2n) is 4.56. The highest BCUT2D eigenvalue weighted by Crippen LogP contribution is 2.44. The summed E-state index contributed by atoms with van der Waals surface area (Å²) in [5.41, 5.74) is 6.47. The van der Waals surface area contributed by atoms with Gasteiger partial charge in [0, 0.05) is 13.6 Å². The van der Waals surface area contributed by atoms with Gasteiger partial charge in [0.15, 0.2) is 0 Å². The number of nitrogens with one attached hydrogen (secondary N) is 1. The zero-order chi connectivity index (χ0) is 11.1. The van der Waals surface area contributed by atoms with Crippen molar-refractivity contribution in [2.24, 2.45) is 12.5 Å². The van der Waals surface area contributed by atoms with Gasteiger partial charge >= 0.3 is 0 Å². The molecular formula is C10H16N4O. The molecule has 0 atom stereocenters. The Morgan fingerprint density at radius 2 is 2.40 bits per heavy atom. The maximum atomic E-state index is 11.7. The second-order valence-corrected chi connectivity index (χ2v) is 4.56. The summed E-state index contributed by atoms with van der Waals surface area (Å²) in [6, 6.07) is 0. The number of nitrogens with zero attached hydrogens (tertiary/aromatic N) is 2. The number of carbonyl (C=O) groups is 1. The van der Waals surface area contributed by atoms with Gasteiger partial charge in [0.2, 0.25) is 0 Å². The Bertz CT molecular complexity index is 392. The van der Waals surface area contributed by atoms with E-state index in [0.717, 1.165) is 6.54 Å². The predicted octanol–water partition coefficient (Wildman–Crippen LogP) is 0.532. The van der Waals surface area contributed by atoms with Crippen LogP contribution in [0.15, 0.2) is 6.20 Å². The minimum atomic E-state index is -0.131. The highest BCUT2D eigenvalue weighted by Gasteiger charge is 2.37. The van der Waals surface area contributed by atoms with E-state index in [0.29, 0.717) is 16.8 Å². The van der Waals surface area contributed by atoms with Crippen LogP contribution in [-0.2, 0) is 7.05 Å². The third-order valence-electron chi connectivity index (χ3n) is 3.01. The molecule has 1 fully saturated rings. The van der Waals surface area contributed by atoms with Crippen molar-refractivity contribution in [2.45, 2.75) is 19.8 Å². The molecule has 2 rings (SSSR count). The van der Waals surface area contributed by atoms with Crippen LogP contribution < -0.4 is 11.1 Å². The summed E-state index contributed by atoms with van der Waals surface area (Å²) in [6.45, 7) is 2.89. The fourth-order valence-corrected chi connectivity index (χ4v) is 1.40. The van der Waals surface area contributed by atoms with E-state index in [4.69, 9.17) is 5.73 Å². The number of anilines is 1. The van der Waals surface area contributed by atoms with Crippen molar-refractivity contribution in [3.05, 3.63) is 11.8 Å². The van der Waals surface area contributed by atoms with E-state index in [9.17, 15) is 4.79 Å². The smallest absolute Gasteiger partial charge is 0.256 e. The third-order valence-corrected chi connectivity index (χ3v) is 3.01. The van der Waals surface area contributed by atoms with Crippen molar-refractivity contribution in [2.75, 3.05) is 12.3 Å². The van der Waals surface area contributed by atoms with Crippen molar-refractivity contribution < 1.29 is 4.79 Å². The predicted molar refractivity (Wildman–Crippen MR) is 57.3 cm³/mol. The van der Waals surface area contributed by atoms with Gasteiger partial charge in [-0.2, -0.15) is 5.10 Å². The number of aryl methyl sites for hydroxylation is 1. The van der Waals surface area contributed by atoms with E-state index in [1.165, 1.54) is 23.7 Å². The van der Waals surface area contributed by atoms with Crippen LogP contribution in [0.3, 0.4) is 0 Å². The first-order valence-corrected chi connectivity index (χ1v) is 5.07. The summed E-state index contributed by atoms with van der Waals surface area (Å²) in [5.74, 6) is 0.280. The number of hydrogen-bond donors (Lipinski definition) is 2. The molecule has 0 spiro atoms. The van der Waals surface area contributed by atoms with Gasteiger partial charge in [-0.25, -0.2) is 0 Å². The van der Waals surface area contributed by atoms with Gasteiger partial charge in [0.05, 0.1) is 6.20 Å². The van der Waals surface area contributed by atoms with E-state index in [1.54, 1.807) is 7.05 Å². The standard InChI is InChI=1S/C10H16N4O/c1-10(3-4-10)6-12-9(15)7-5-13-14(2)8(7)11/h5H,3-4,6,11H2,1-2H3,(H,12,15). The zero-order valence-electron chi connectivity index (χ0n) is 9.08. The number of carbonyl (C=O) groups excluding carboxylic acids is 1. The van der Waals surface area contributed by atoms with Crippen molar-refractivity contribution in [1.82, 2.24) is 15.1 Å². The first-order valence-electron chi connectivity index (χ1n) is 5.07. The van der Waals surface area contributed by atoms with Crippen LogP contribution in [0.2, 0.25) is 0 Å². The second kappa shape index (κ2) is 3.25. The summed E-state index contributed by atoms with van der Waals surface area (Å²) >= 11 is 0. The summed E-state index contributed by atoms with van der Waals surface area (Å²) in [5, 5.41) is 6.81. The van der Waals surface area contributed by atoms with Crippen LogP contribution >= 0.6 is 0 Å². The molecule has 0 unspecified atom stereocenters. The van der Waals surface area contributed by atoms with Gasteiger partial charge in [0.1, 0.15) is 11.4 Å². The Balaban J connectivity index is 1.98. The number of amides is 1. The molecule has 5 nitrogen and oxygen atoms in total. The highest BCUT2D eigenvalue weighted by molar-refractivity contribution is 5.98. The first kappa shape index (κ1) is 10.0. The fraction of sp³-hybridized carbons (Fsp3) is 0.600. The van der Waals surface area contributed by atoms with E-state index in [-0.39, 0.29) is 5.91 Å². The van der Waals surface area contributed by atoms with Crippen LogP contribution in [0.25, 0.3) is 0 Å². The van der Waals surface area contributed by atoms with Gasteiger partial charge in [-0.1, -0.05) is 6.92 Å². The lowest BCUT2D eigenvalue weighted by Crippen LogP contribution is -2.29. The largest absolute Gasteiger partial charge is 0.383 e. The van der Waals surface area contributed by atoms with E-state index in [1.807, 2.05) is 0 Å². The number of nitrogens with two attached hydrogens (primary N) is 1. The maximum absolute atomic E-state index is 11.7. The Hall–Kier alpha value is -1.52. The SMILES string of the molecule is Cn1ncc(C(=O)NCC2(C)CC2)c1N. The summed E-state index contributed by atoms with van der Waals surface area (Å²) in [7, 11) is 1.72. The molecule has 1 saturated carbocycles. The molecule has 1 aliphatic rings. The molecule has 1 amide bonds. The average molecular weight is 208 g/mol. The molecule has 15 heavy (non-hydrogen) atoms. The van der Waals surface area contributed by atoms with Crippen molar-refractivity contribution in [1.29, 1.82) is 0 Å². The molecule has 5 heteroatoms. The monoisotopic (exact) mass is 208 g/mol. The molecule has 3 N–H and O–H groups in total. The summed E-state index contributed by atoms with van der Waals surface area (Å²) in [4.78, 5) is 11.7. The fourth-order valence-electron chi connectivity index (χ4n) is 1.40. The minimum absolute atomic E-state index is 0.131. The van der Waals surface area contributed by atoms with Crippen molar-refractivity contribution in [3.63, 3.8) is 0 Å². The average Bonchev–Trinajstić information content (AvgIpc) is 2.85. The number of aromatic nitrogens is 2. The molecule has 1 heterocycles. The Kier molecular flexibility index (Phi) is 2.17. The van der Waals surface area contributed by atoms with Crippen LogP contribution in [0.4, 0.5) is 5.82 Å². The van der Waals surface area contributed by atoms with Crippen LogP contribution in [0.1, 0.15) is 30.1 Å². The highest BCUT2D eigenvalue weighted by atomic mass is 16.1. The molecule has 1 aromatic rings. The van der Waals surface area contributed by atoms with Gasteiger partial charge < -0.3 is 11.1 Å². The maximum Gasteiger partial charge on any atom is 0.256 e. The number of rotatable bonds is 3. The zero-order valence-corrected chi connectivity index (χ0v) is 9.08. The normalized spacial score (nSPS) is 17.5. The van der Waals surface area contributed by atoms with Crippen molar-refractivity contribution in [3.8, 4) is 0 Å². The quantitative estimate of drug-likeness (QED) is 0.761. The summed E-state index contributed by atoms with van der Waals surface area (Å²) < 4.78 is 1.49. The lowest BCUT2D eigenvalue weighted by Gasteiger charge is -2.09. The van der Waals surface area contributed by atoms with Crippen LogP contribution in [0, 0.1) is 5.41 Å². The molecule has 0 radical (unpaired) electrons. The van der Waals surface area contributed by atoms with Crippen LogP contribution in [-0.4, -0.2) is 22.2 Å². The molecule has 0 saturated heterocycles. The summed E-state index contributed by atoms with van der Waals surface area (Å²) in [6.07, 6.45) is 3.88. The lowest BCUT2D eigenvalue weighted by atomic mass is 10.1. The topological polar surface area (TPSA) is 72.9 Å². The van der Waals surface area contributed by atoms with E-state index < -0.39 is 0 Å². The van der Waals surface area contributed by atoms with Gasteiger partial charge in [0.25, 0.3) is 5.91 Å². The Morgan fingerprint density at radius 3 is 2.87 bits per heavy atom. The molecular weight excluding hydrogens is 192 g/mol. The molecule has 82 valence electrons. The Labute approximate surface area is 88.6 Å². The molecule has 0 aromatic carbocycles. The lowest BCUT2D eigenvalue weighted by molar-refractivity contribution is 0.0947. The molecule has 1 aliphatic carbocycles. The molecule has 0 aliphatic heterocycles. The first-order chi connectivity index (χ1) is 7.02. The third kappa shape index (κ3) is 1.95. The van der Waals surface area contributed by atoms with Gasteiger partial charge in [-0.15, -0.1) is 0 Å². The van der Waals surface area contributed by atoms with Crippen LogP contribution in [0.5, 0.6) is 0 Å². The minimum Gasteiger partial charge on any atom is -0.383 e. The van der Waals surface area contributed by atoms with E-state index in [2.05, 4.69) is 17.3 Å². The van der Waals surface area contributed by atoms with Crippen molar-refractivity contribution >= 4 is 11.7 Å².